The van der Waals surface area contributed by atoms with Crippen LogP contribution < -0.4 is 0 Å². The number of ketones is 1. The Hall–Kier alpha value is -4.22. The number of nitriles is 1. The molecule has 0 aliphatic heterocycles. The van der Waals surface area contributed by atoms with Crippen LogP contribution in [0, 0.1) is 21.4 Å². The Morgan fingerprint density at radius 1 is 1.17 bits per heavy atom. The third-order valence-electron chi connectivity index (χ3n) is 4.08. The molecule has 1 N–H and O–H groups in total. The fraction of sp³-hybridized carbons (Fsp3) is 0. The molecule has 3 aromatic rings. The number of hydrogen-bond donors (Lipinski definition) is 1. The van der Waals surface area contributed by atoms with Crippen molar-refractivity contribution in [3.63, 3.8) is 0 Å². The van der Waals surface area contributed by atoms with Crippen LogP contribution in [0.1, 0.15) is 26.5 Å². The van der Waals surface area contributed by atoms with E-state index in [1.54, 1.807) is 18.2 Å². The van der Waals surface area contributed by atoms with Gasteiger partial charge in [0.25, 0.3) is 5.69 Å². The van der Waals surface area contributed by atoms with Crippen molar-refractivity contribution in [2.24, 2.45) is 0 Å². The van der Waals surface area contributed by atoms with Crippen molar-refractivity contribution in [1.29, 1.82) is 5.26 Å². The van der Waals surface area contributed by atoms with Crippen molar-refractivity contribution in [2.45, 2.75) is 0 Å². The average Bonchev–Trinajstić information content (AvgIpc) is 3.20. The van der Waals surface area contributed by atoms with Crippen molar-refractivity contribution in [3.8, 4) is 17.4 Å². The summed E-state index contributed by atoms with van der Waals surface area (Å²) >= 11 is 5.86. The van der Waals surface area contributed by atoms with Crippen LogP contribution in [0.5, 0.6) is 0 Å². The van der Waals surface area contributed by atoms with Gasteiger partial charge in [0.1, 0.15) is 23.2 Å². The molecule has 30 heavy (non-hydrogen) atoms. The molecule has 0 fully saturated rings. The van der Waals surface area contributed by atoms with Crippen LogP contribution in [0.2, 0.25) is 5.02 Å². The molecule has 0 atom stereocenters. The molecule has 8 nitrogen and oxygen atoms in total. The lowest BCUT2D eigenvalue weighted by Crippen LogP contribution is -2.02. The number of aromatic carboxylic acids is 1. The number of hydrogen-bond acceptors (Lipinski definition) is 6. The van der Waals surface area contributed by atoms with E-state index in [9.17, 15) is 30.1 Å². The second-order valence-electron chi connectivity index (χ2n) is 6.01. The van der Waals surface area contributed by atoms with Gasteiger partial charge in [-0.05, 0) is 30.3 Å². The molecule has 0 aliphatic rings. The molecule has 9 heteroatoms. The van der Waals surface area contributed by atoms with E-state index in [4.69, 9.17) is 16.0 Å². The summed E-state index contributed by atoms with van der Waals surface area (Å²) in [5.74, 6) is -1.41. The first kappa shape index (κ1) is 20.5. The summed E-state index contributed by atoms with van der Waals surface area (Å²) in [7, 11) is 0. The highest BCUT2D eigenvalue weighted by molar-refractivity contribution is 6.33. The van der Waals surface area contributed by atoms with E-state index in [0.717, 1.165) is 6.07 Å². The van der Waals surface area contributed by atoms with Crippen molar-refractivity contribution in [3.05, 3.63) is 92.2 Å². The predicted molar refractivity (Wildman–Crippen MR) is 107 cm³/mol. The first-order valence-electron chi connectivity index (χ1n) is 8.34. The van der Waals surface area contributed by atoms with Gasteiger partial charge in [0, 0.05) is 29.3 Å². The summed E-state index contributed by atoms with van der Waals surface area (Å²) in [6.07, 6.45) is 1.21. The number of Topliss-reactive ketones (excluding diaryl/α,β-unsaturated/α-hetero) is 1. The van der Waals surface area contributed by atoms with Crippen LogP contribution >= 0.6 is 11.6 Å². The molecule has 0 saturated carbocycles. The maximum absolute atomic E-state index is 12.6. The molecule has 1 aromatic heterocycles. The number of benzene rings is 2. The molecule has 0 spiro atoms. The first-order chi connectivity index (χ1) is 14.3. The van der Waals surface area contributed by atoms with Gasteiger partial charge in [-0.15, -0.1) is 0 Å². The fourth-order valence-corrected chi connectivity index (χ4v) is 2.83. The maximum Gasteiger partial charge on any atom is 0.337 e. The standard InChI is InChI=1S/C21H11ClN2O6/c22-18-6-4-12(10-17(18)21(26)27)19-7-5-16(30-19)9-14(11-23)20(25)13-2-1-3-15(8-13)24(28)29/h1-10H,(H,26,27)/b14-9+. The molecule has 0 bridgehead atoms. The highest BCUT2D eigenvalue weighted by atomic mass is 35.5. The summed E-state index contributed by atoms with van der Waals surface area (Å²) in [6.45, 7) is 0. The van der Waals surface area contributed by atoms with Crippen LogP contribution in [0.25, 0.3) is 17.4 Å². The number of halogens is 1. The molecule has 0 amide bonds. The van der Waals surface area contributed by atoms with E-state index < -0.39 is 16.7 Å². The van der Waals surface area contributed by atoms with Gasteiger partial charge in [0.2, 0.25) is 5.78 Å². The van der Waals surface area contributed by atoms with E-state index in [1.807, 2.05) is 0 Å². The lowest BCUT2D eigenvalue weighted by Gasteiger charge is -2.02. The van der Waals surface area contributed by atoms with Crippen molar-refractivity contribution >= 4 is 35.1 Å². The van der Waals surface area contributed by atoms with Gasteiger partial charge in [-0.2, -0.15) is 5.26 Å². The second kappa shape index (κ2) is 8.43. The predicted octanol–water partition coefficient (Wildman–Crippen LogP) is 5.00. The third-order valence-corrected chi connectivity index (χ3v) is 4.41. The van der Waals surface area contributed by atoms with Crippen molar-refractivity contribution in [2.75, 3.05) is 0 Å². The van der Waals surface area contributed by atoms with Crippen LogP contribution in [-0.2, 0) is 0 Å². The van der Waals surface area contributed by atoms with Gasteiger partial charge >= 0.3 is 5.97 Å². The monoisotopic (exact) mass is 422 g/mol. The Kier molecular flexibility index (Phi) is 5.76. The van der Waals surface area contributed by atoms with Crippen LogP contribution in [0.3, 0.4) is 0 Å². The van der Waals surface area contributed by atoms with Crippen molar-refractivity contribution < 1.29 is 24.0 Å². The molecule has 0 unspecified atom stereocenters. The number of carboxylic acids is 1. The summed E-state index contributed by atoms with van der Waals surface area (Å²) < 4.78 is 5.60. The number of rotatable bonds is 6. The number of nitro benzene ring substituents is 1. The summed E-state index contributed by atoms with van der Waals surface area (Å²) in [6, 6.07) is 14.2. The fourth-order valence-electron chi connectivity index (χ4n) is 2.64. The molecular weight excluding hydrogens is 412 g/mol. The summed E-state index contributed by atoms with van der Waals surface area (Å²) in [5, 5.41) is 29.5. The minimum absolute atomic E-state index is 0.00687. The van der Waals surface area contributed by atoms with E-state index in [-0.39, 0.29) is 33.2 Å². The quantitative estimate of drug-likeness (QED) is 0.194. The number of nitro groups is 1. The minimum atomic E-state index is -1.19. The number of allylic oxidation sites excluding steroid dienone is 1. The molecule has 0 saturated heterocycles. The van der Waals surface area contributed by atoms with Gasteiger partial charge in [-0.25, -0.2) is 4.79 Å². The Balaban J connectivity index is 1.93. The number of carboxylic acid groups (broad SMARTS) is 1. The highest BCUT2D eigenvalue weighted by Gasteiger charge is 2.17. The van der Waals surface area contributed by atoms with E-state index >= 15 is 0 Å². The largest absolute Gasteiger partial charge is 0.478 e. The first-order valence-corrected chi connectivity index (χ1v) is 8.72. The van der Waals surface area contributed by atoms with Crippen LogP contribution in [0.4, 0.5) is 5.69 Å². The number of furan rings is 1. The number of non-ortho nitro benzene ring substituents is 1. The van der Waals surface area contributed by atoms with Gasteiger partial charge < -0.3 is 9.52 Å². The molecule has 148 valence electrons. The second-order valence-corrected chi connectivity index (χ2v) is 6.42. The lowest BCUT2D eigenvalue weighted by molar-refractivity contribution is -0.384. The Morgan fingerprint density at radius 2 is 1.93 bits per heavy atom. The Morgan fingerprint density at radius 3 is 2.60 bits per heavy atom. The summed E-state index contributed by atoms with van der Waals surface area (Å²) in [4.78, 5) is 34.0. The van der Waals surface area contributed by atoms with Crippen molar-refractivity contribution in [1.82, 2.24) is 0 Å². The lowest BCUT2D eigenvalue weighted by atomic mass is 10.0. The van der Waals surface area contributed by atoms with Crippen LogP contribution in [0.15, 0.2) is 64.6 Å². The average molecular weight is 423 g/mol. The van der Waals surface area contributed by atoms with Gasteiger partial charge in [-0.3, -0.25) is 14.9 Å². The van der Waals surface area contributed by atoms with Gasteiger partial charge in [-0.1, -0.05) is 23.7 Å². The zero-order valence-corrected chi connectivity index (χ0v) is 15.8. The number of nitrogens with zero attached hydrogens (tertiary/aromatic N) is 2. The zero-order valence-electron chi connectivity index (χ0n) is 15.0. The maximum atomic E-state index is 12.6. The zero-order chi connectivity index (χ0) is 21.8. The smallest absolute Gasteiger partial charge is 0.337 e. The topological polar surface area (TPSA) is 134 Å². The normalized spacial score (nSPS) is 11.0. The number of carbonyl (C=O) groups excluding carboxylic acids is 1. The molecule has 0 radical (unpaired) electrons. The van der Waals surface area contributed by atoms with E-state index in [0.29, 0.717) is 11.3 Å². The molecular formula is C21H11ClN2O6. The Labute approximate surface area is 174 Å². The number of carbonyl (C=O) groups is 2. The SMILES string of the molecule is N#C/C(=C\c1ccc(-c2ccc(Cl)c(C(=O)O)c2)o1)C(=O)c1cccc([N+](=O)[O-])c1. The third kappa shape index (κ3) is 4.27. The molecule has 3 rings (SSSR count). The highest BCUT2D eigenvalue weighted by Crippen LogP contribution is 2.28. The van der Waals surface area contributed by atoms with Gasteiger partial charge in [0.05, 0.1) is 15.5 Å². The Bertz CT molecular complexity index is 1250. The summed E-state index contributed by atoms with van der Waals surface area (Å²) in [5.41, 5.74) is -0.206. The van der Waals surface area contributed by atoms with E-state index in [1.165, 1.54) is 42.5 Å². The molecule has 2 aromatic carbocycles. The minimum Gasteiger partial charge on any atom is -0.478 e. The van der Waals surface area contributed by atoms with Crippen LogP contribution in [-0.4, -0.2) is 21.8 Å². The molecule has 1 heterocycles. The van der Waals surface area contributed by atoms with Gasteiger partial charge in [0.15, 0.2) is 0 Å². The van der Waals surface area contributed by atoms with E-state index in [2.05, 4.69) is 0 Å². The molecule has 0 aliphatic carbocycles.